The number of hydrogen-bond donors (Lipinski definition) is 1. The van der Waals surface area contributed by atoms with E-state index in [0.717, 1.165) is 22.5 Å². The smallest absolute Gasteiger partial charge is 0.338 e. The molecule has 7 nitrogen and oxygen atoms in total. The van der Waals surface area contributed by atoms with Gasteiger partial charge < -0.3 is 9.47 Å². The second-order valence-corrected chi connectivity index (χ2v) is 8.80. The van der Waals surface area contributed by atoms with Crippen molar-refractivity contribution in [1.82, 2.24) is 4.98 Å². The van der Waals surface area contributed by atoms with Gasteiger partial charge in [0.25, 0.3) is 10.0 Å². The highest BCUT2D eigenvalue weighted by atomic mass is 32.2. The van der Waals surface area contributed by atoms with Gasteiger partial charge in [-0.3, -0.25) is 4.72 Å². The number of hydrogen-bond acceptors (Lipinski definition) is 7. The van der Waals surface area contributed by atoms with Crippen molar-refractivity contribution in [3.8, 4) is 5.75 Å². The molecular formula is C19H20N2O5S2. The van der Waals surface area contributed by atoms with Crippen molar-refractivity contribution in [2.75, 3.05) is 18.4 Å². The van der Waals surface area contributed by atoms with Crippen LogP contribution < -0.4 is 9.46 Å². The Bertz CT molecular complexity index is 1150. The minimum Gasteiger partial charge on any atom is -0.495 e. The first kappa shape index (κ1) is 20.1. The molecule has 1 aromatic heterocycles. The fourth-order valence-electron chi connectivity index (χ4n) is 2.61. The number of aryl methyl sites for hydroxylation is 2. The summed E-state index contributed by atoms with van der Waals surface area (Å²) in [6.07, 6.45) is 0. The van der Waals surface area contributed by atoms with Gasteiger partial charge in [-0.15, -0.1) is 0 Å². The van der Waals surface area contributed by atoms with Crippen molar-refractivity contribution in [2.45, 2.75) is 25.7 Å². The molecule has 0 fully saturated rings. The van der Waals surface area contributed by atoms with Crippen LogP contribution in [0.4, 0.5) is 5.13 Å². The molecule has 9 heteroatoms. The Kier molecular flexibility index (Phi) is 5.57. The minimum atomic E-state index is -3.90. The highest BCUT2D eigenvalue weighted by Gasteiger charge is 2.22. The zero-order valence-electron chi connectivity index (χ0n) is 15.9. The molecule has 2 aromatic carbocycles. The topological polar surface area (TPSA) is 94.6 Å². The van der Waals surface area contributed by atoms with E-state index in [2.05, 4.69) is 9.71 Å². The van der Waals surface area contributed by atoms with E-state index in [9.17, 15) is 13.2 Å². The molecule has 0 amide bonds. The van der Waals surface area contributed by atoms with Crippen LogP contribution in [0, 0.1) is 13.8 Å². The number of esters is 1. The Morgan fingerprint density at radius 3 is 2.57 bits per heavy atom. The first-order valence-electron chi connectivity index (χ1n) is 8.51. The van der Waals surface area contributed by atoms with E-state index in [1.165, 1.54) is 7.11 Å². The number of sulfonamides is 1. The van der Waals surface area contributed by atoms with Crippen LogP contribution in [0.3, 0.4) is 0 Å². The van der Waals surface area contributed by atoms with Gasteiger partial charge in [-0.25, -0.2) is 18.2 Å². The monoisotopic (exact) mass is 420 g/mol. The third-order valence-electron chi connectivity index (χ3n) is 4.19. The average Bonchev–Trinajstić information content (AvgIpc) is 3.04. The van der Waals surface area contributed by atoms with E-state index in [4.69, 9.17) is 9.47 Å². The van der Waals surface area contributed by atoms with Gasteiger partial charge in [0.1, 0.15) is 10.6 Å². The molecule has 0 aliphatic rings. The third-order valence-corrected chi connectivity index (χ3v) is 6.61. The van der Waals surface area contributed by atoms with Gasteiger partial charge in [0.15, 0.2) is 5.13 Å². The number of anilines is 1. The number of ether oxygens (including phenoxy) is 2. The van der Waals surface area contributed by atoms with Crippen molar-refractivity contribution >= 4 is 42.7 Å². The van der Waals surface area contributed by atoms with E-state index in [-0.39, 0.29) is 22.4 Å². The summed E-state index contributed by atoms with van der Waals surface area (Å²) in [6, 6.07) is 8.16. The number of nitrogens with zero attached hydrogens (tertiary/aromatic N) is 1. The first-order valence-corrected chi connectivity index (χ1v) is 10.8. The molecule has 0 bridgehead atoms. The number of fused-ring (bicyclic) bond motifs is 1. The highest BCUT2D eigenvalue weighted by molar-refractivity contribution is 7.93. The predicted octanol–water partition coefficient (Wildman–Crippen LogP) is 3.90. The second-order valence-electron chi connectivity index (χ2n) is 6.11. The van der Waals surface area contributed by atoms with Gasteiger partial charge >= 0.3 is 5.97 Å². The van der Waals surface area contributed by atoms with Crippen molar-refractivity contribution in [1.29, 1.82) is 0 Å². The average molecular weight is 421 g/mol. The van der Waals surface area contributed by atoms with Gasteiger partial charge in [-0.1, -0.05) is 11.3 Å². The first-order chi connectivity index (χ1) is 13.2. The summed E-state index contributed by atoms with van der Waals surface area (Å²) in [5, 5.41) is 0.205. The summed E-state index contributed by atoms with van der Waals surface area (Å²) in [6.45, 7) is 5.73. The van der Waals surface area contributed by atoms with Crippen LogP contribution in [-0.4, -0.2) is 33.1 Å². The number of aromatic nitrogens is 1. The van der Waals surface area contributed by atoms with Crippen LogP contribution in [0.25, 0.3) is 10.2 Å². The molecular weight excluding hydrogens is 400 g/mol. The SMILES string of the molecule is CCOC(=O)c1ccc2nc(NS(=O)(=O)c3cc(C)c(C)cc3OC)sc2c1. The zero-order valence-corrected chi connectivity index (χ0v) is 17.5. The Morgan fingerprint density at radius 1 is 1.18 bits per heavy atom. The molecule has 0 aliphatic carbocycles. The summed E-state index contributed by atoms with van der Waals surface area (Å²) < 4.78 is 39.2. The van der Waals surface area contributed by atoms with E-state index in [1.54, 1.807) is 37.3 Å². The highest BCUT2D eigenvalue weighted by Crippen LogP contribution is 2.32. The number of rotatable bonds is 6. The van der Waals surface area contributed by atoms with E-state index in [0.29, 0.717) is 15.8 Å². The molecule has 0 saturated heterocycles. The zero-order chi connectivity index (χ0) is 20.5. The molecule has 148 valence electrons. The van der Waals surface area contributed by atoms with Crippen LogP contribution in [0.15, 0.2) is 35.2 Å². The molecule has 0 radical (unpaired) electrons. The quantitative estimate of drug-likeness (QED) is 0.608. The second kappa shape index (κ2) is 7.76. The lowest BCUT2D eigenvalue weighted by molar-refractivity contribution is 0.0526. The lowest BCUT2D eigenvalue weighted by Crippen LogP contribution is -2.14. The lowest BCUT2D eigenvalue weighted by Gasteiger charge is -2.12. The molecule has 0 unspecified atom stereocenters. The fraction of sp³-hybridized carbons (Fsp3) is 0.263. The summed E-state index contributed by atoms with van der Waals surface area (Å²) in [5.74, 6) is -0.166. The number of benzene rings is 2. The molecule has 28 heavy (non-hydrogen) atoms. The van der Waals surface area contributed by atoms with Crippen LogP contribution in [0.1, 0.15) is 28.4 Å². The summed E-state index contributed by atoms with van der Waals surface area (Å²) in [5.41, 5.74) is 2.75. The summed E-state index contributed by atoms with van der Waals surface area (Å²) in [4.78, 5) is 16.2. The lowest BCUT2D eigenvalue weighted by atomic mass is 10.1. The Morgan fingerprint density at radius 2 is 1.89 bits per heavy atom. The van der Waals surface area contributed by atoms with Crippen molar-refractivity contribution in [3.63, 3.8) is 0 Å². The molecule has 0 aliphatic heterocycles. The largest absolute Gasteiger partial charge is 0.495 e. The standard InChI is InChI=1S/C19H20N2O5S2/c1-5-26-18(22)13-6-7-14-16(10-13)27-19(20-14)21-28(23,24)17-9-12(3)11(2)8-15(17)25-4/h6-10H,5H2,1-4H3,(H,20,21). The number of methoxy groups -OCH3 is 1. The number of carbonyl (C=O) groups is 1. The number of thiazole rings is 1. The Labute approximate surface area is 167 Å². The molecule has 0 spiro atoms. The van der Waals surface area contributed by atoms with Crippen LogP contribution >= 0.6 is 11.3 Å². The van der Waals surface area contributed by atoms with Gasteiger partial charge in [0.2, 0.25) is 0 Å². The maximum absolute atomic E-state index is 12.9. The number of nitrogens with one attached hydrogen (secondary N) is 1. The van der Waals surface area contributed by atoms with Crippen LogP contribution in [0.2, 0.25) is 0 Å². The fourth-order valence-corrected chi connectivity index (χ4v) is 4.99. The summed E-state index contributed by atoms with van der Waals surface area (Å²) >= 11 is 1.14. The van der Waals surface area contributed by atoms with Gasteiger partial charge in [0.05, 0.1) is 29.5 Å². The maximum Gasteiger partial charge on any atom is 0.338 e. The molecule has 0 saturated carbocycles. The summed E-state index contributed by atoms with van der Waals surface area (Å²) in [7, 11) is -2.47. The molecule has 1 heterocycles. The predicted molar refractivity (Wildman–Crippen MR) is 109 cm³/mol. The van der Waals surface area contributed by atoms with E-state index in [1.807, 2.05) is 13.8 Å². The Hall–Kier alpha value is -2.65. The maximum atomic E-state index is 12.9. The molecule has 0 atom stereocenters. The van der Waals surface area contributed by atoms with Crippen molar-refractivity contribution in [2.24, 2.45) is 0 Å². The van der Waals surface area contributed by atoms with Crippen molar-refractivity contribution < 1.29 is 22.7 Å². The molecule has 1 N–H and O–H groups in total. The third kappa shape index (κ3) is 3.95. The van der Waals surface area contributed by atoms with Crippen molar-refractivity contribution in [3.05, 3.63) is 47.0 Å². The van der Waals surface area contributed by atoms with Gasteiger partial charge in [-0.05, 0) is 62.2 Å². The van der Waals surface area contributed by atoms with Crippen LogP contribution in [0.5, 0.6) is 5.75 Å². The minimum absolute atomic E-state index is 0.0459. The van der Waals surface area contributed by atoms with E-state index >= 15 is 0 Å². The molecule has 3 aromatic rings. The Balaban J connectivity index is 1.96. The normalized spacial score (nSPS) is 11.4. The number of carbonyl (C=O) groups excluding carboxylic acids is 1. The van der Waals surface area contributed by atoms with E-state index < -0.39 is 16.0 Å². The molecule has 3 rings (SSSR count). The van der Waals surface area contributed by atoms with Crippen LogP contribution in [-0.2, 0) is 14.8 Å². The van der Waals surface area contributed by atoms with Gasteiger partial charge in [0, 0.05) is 0 Å². The van der Waals surface area contributed by atoms with Gasteiger partial charge in [-0.2, -0.15) is 0 Å².